The van der Waals surface area contributed by atoms with E-state index in [1.54, 1.807) is 18.5 Å². The molecule has 0 spiro atoms. The number of hydrogen-bond donors (Lipinski definition) is 0. The first-order chi connectivity index (χ1) is 38.9. The fourth-order valence-corrected chi connectivity index (χ4v) is 11.9. The van der Waals surface area contributed by atoms with Crippen LogP contribution in [0.5, 0.6) is 0 Å². The zero-order chi connectivity index (χ0) is 64.8. The molecule has 1 aliphatic heterocycles. The topological polar surface area (TPSA) is 6.48 Å². The summed E-state index contributed by atoms with van der Waals surface area (Å²) in [6.45, 7) is 9.91. The van der Waals surface area contributed by atoms with E-state index in [4.69, 9.17) is 0 Å². The summed E-state index contributed by atoms with van der Waals surface area (Å²) in [6.07, 6.45) is -23.7. The largest absolute Gasteiger partial charge is 0.416 e. The molecule has 1 fully saturated rings. The molecule has 0 saturated heterocycles. The first-order valence-corrected chi connectivity index (χ1v) is 28.1. The van der Waals surface area contributed by atoms with E-state index in [0.717, 1.165) is 0 Å². The summed E-state index contributed by atoms with van der Waals surface area (Å²) in [5, 5.41) is 0. The van der Waals surface area contributed by atoms with Crippen LogP contribution in [0.15, 0.2) is 85.2 Å². The third-order valence-corrected chi connectivity index (χ3v) is 15.9. The monoisotopic (exact) mass is 1460 g/mol. The van der Waals surface area contributed by atoms with Crippen molar-refractivity contribution in [1.82, 2.24) is 9.80 Å². The van der Waals surface area contributed by atoms with Crippen LogP contribution in [0.25, 0.3) is 0 Å². The average Bonchev–Trinajstić information content (AvgIpc) is 0.798. The number of nitrogens with zero attached hydrogens (tertiary/aromatic N) is 2. The molecule has 2 aliphatic rings. The second-order valence-electron chi connectivity index (χ2n) is 19.8. The Bertz CT molecular complexity index is 2250. The van der Waals surface area contributed by atoms with Gasteiger partial charge in [0.2, 0.25) is 6.67 Å². The van der Waals surface area contributed by atoms with Crippen molar-refractivity contribution in [3.8, 4) is 0 Å². The van der Waals surface area contributed by atoms with Crippen molar-refractivity contribution < 1.29 is 125 Å². The van der Waals surface area contributed by atoms with Gasteiger partial charge in [-0.2, -0.15) is 127 Å². The van der Waals surface area contributed by atoms with Crippen LogP contribution in [0.2, 0.25) is 0 Å². The van der Waals surface area contributed by atoms with Gasteiger partial charge in [-0.1, -0.05) is 88.6 Å². The van der Waals surface area contributed by atoms with Gasteiger partial charge in [0.05, 0.1) is 44.5 Å². The summed E-state index contributed by atoms with van der Waals surface area (Å²) >= 11 is 0. The molecule has 1 saturated carbocycles. The SMILES string of the molecule is CCCCP(CCCC)CCCC.CN1[C]N(C)C=C1.FC(F)(F)c1cc([B-](c2cc(C(F)(F)F)cc(C(F)(F)F)c2)(c2cc(C(F)(F)F)cc(C(F)(F)F)c2)c2cc(C(F)(F)F)cc(C(F)(F)F)c2)cc(C(F)(F)F)c1.[CH]1[CH]CC[CH][CH]CC1.[Ir]. The fraction of sp³-hybridized carbons (Fsp3) is 0.456. The van der Waals surface area contributed by atoms with Gasteiger partial charge in [-0.25, -0.2) is 0 Å². The van der Waals surface area contributed by atoms with Gasteiger partial charge >= 0.3 is 49.4 Å². The maximum Gasteiger partial charge on any atom is 0.416 e. The summed E-state index contributed by atoms with van der Waals surface area (Å²) in [7, 11) is 4.31. The van der Waals surface area contributed by atoms with Crippen LogP contribution in [-0.2, 0) is 69.5 Å². The van der Waals surface area contributed by atoms with Gasteiger partial charge in [-0.3, -0.25) is 0 Å². The molecule has 6 rings (SSSR count). The summed E-state index contributed by atoms with van der Waals surface area (Å²) in [5.74, 6) is 0. The molecule has 0 aromatic heterocycles. The quantitative estimate of drug-likeness (QED) is 0.0748. The van der Waals surface area contributed by atoms with E-state index in [0.29, 0.717) is 7.92 Å². The third kappa shape index (κ3) is 23.6. The van der Waals surface area contributed by atoms with Crippen molar-refractivity contribution in [3.63, 3.8) is 0 Å². The molecule has 2 nitrogen and oxygen atoms in total. The Balaban J connectivity index is 0.000000703. The predicted octanol–water partition coefficient (Wildman–Crippen LogP) is 18.8. The molecule has 4 aromatic carbocycles. The van der Waals surface area contributed by atoms with Gasteiger partial charge in [0.1, 0.15) is 6.15 Å². The average molecular weight is 1460 g/mol. The van der Waals surface area contributed by atoms with Crippen molar-refractivity contribution >= 4 is 35.9 Å². The van der Waals surface area contributed by atoms with Gasteiger partial charge in [-0.15, -0.1) is 7.92 Å². The van der Waals surface area contributed by atoms with Crippen LogP contribution >= 0.6 is 7.92 Å². The smallest absolute Gasteiger partial charge is 0.349 e. The number of hydrogen-bond acceptors (Lipinski definition) is 2. The minimum atomic E-state index is -6.13. The Morgan fingerprint density at radius 1 is 0.337 bits per heavy atom. The first-order valence-electron chi connectivity index (χ1n) is 26.2. The van der Waals surface area contributed by atoms with Gasteiger partial charge in [0.15, 0.2) is 0 Å². The van der Waals surface area contributed by atoms with Crippen molar-refractivity contribution in [1.29, 1.82) is 0 Å². The summed E-state index contributed by atoms with van der Waals surface area (Å²) in [5.41, 5.74) is -30.2. The molecule has 0 bridgehead atoms. The Labute approximate surface area is 498 Å². The van der Waals surface area contributed by atoms with Crippen LogP contribution in [0, 0.1) is 32.4 Å². The maximum absolute atomic E-state index is 14.2. The van der Waals surface area contributed by atoms with Crippen LogP contribution in [0.1, 0.15) is 129 Å². The van der Waals surface area contributed by atoms with Crippen LogP contribution < -0.4 is 21.9 Å². The molecule has 29 heteroatoms. The number of halogens is 24. The predicted molar refractivity (Wildman–Crippen MR) is 280 cm³/mol. The number of benzene rings is 4. The van der Waals surface area contributed by atoms with Gasteiger partial charge in [-0.05, 0) is 113 Å². The first kappa shape index (κ1) is 77.8. The molecule has 0 atom stereocenters. The Kier molecular flexibility index (Phi) is 28.9. The van der Waals surface area contributed by atoms with Gasteiger partial charge < -0.3 is 9.80 Å². The minimum Gasteiger partial charge on any atom is -0.349 e. The second-order valence-corrected chi connectivity index (χ2v) is 22.5. The van der Waals surface area contributed by atoms with Crippen LogP contribution in [0.3, 0.4) is 0 Å². The normalized spacial score (nSPS) is 15.0. The molecule has 86 heavy (non-hydrogen) atoms. The van der Waals surface area contributed by atoms with E-state index in [2.05, 4.69) is 53.1 Å². The molecule has 0 amide bonds. The van der Waals surface area contributed by atoms with Crippen LogP contribution in [0.4, 0.5) is 105 Å². The van der Waals surface area contributed by atoms with E-state index in [1.807, 2.05) is 36.3 Å². The van der Waals surface area contributed by atoms with E-state index in [1.165, 1.54) is 64.2 Å². The van der Waals surface area contributed by atoms with Gasteiger partial charge in [0, 0.05) is 46.6 Å². The Morgan fingerprint density at radius 3 is 0.640 bits per heavy atom. The zero-order valence-corrected chi connectivity index (χ0v) is 49.7. The van der Waals surface area contributed by atoms with E-state index >= 15 is 0 Å². The zero-order valence-electron chi connectivity index (χ0n) is 46.4. The van der Waals surface area contributed by atoms with E-state index in [9.17, 15) is 105 Å². The Hall–Kier alpha value is -4.32. The molecule has 483 valence electrons. The fourth-order valence-electron chi connectivity index (χ4n) is 8.92. The summed E-state index contributed by atoms with van der Waals surface area (Å²) < 4.78 is 341. The van der Waals surface area contributed by atoms with Crippen molar-refractivity contribution in [2.45, 2.75) is 134 Å². The molecular formula is C57H59BF24IrN2P-. The molecule has 4 aromatic rings. The molecule has 1 heterocycles. The van der Waals surface area contributed by atoms with Crippen molar-refractivity contribution in [2.75, 3.05) is 32.6 Å². The van der Waals surface area contributed by atoms with Crippen molar-refractivity contribution in [3.05, 3.63) is 162 Å². The number of rotatable bonds is 13. The van der Waals surface area contributed by atoms with Gasteiger partial charge in [0.25, 0.3) is 0 Å². The third-order valence-electron chi connectivity index (χ3n) is 13.1. The van der Waals surface area contributed by atoms with E-state index < -0.39 is 195 Å². The Morgan fingerprint density at radius 2 is 0.512 bits per heavy atom. The number of unbranched alkanes of at least 4 members (excludes halogenated alkanes) is 3. The number of alkyl halides is 24. The molecular weight excluding hydrogens is 1400 g/mol. The summed E-state index contributed by atoms with van der Waals surface area (Å²) in [6, 6.07) is -8.81. The molecule has 1 aliphatic carbocycles. The molecule has 7 radical (unpaired) electrons. The van der Waals surface area contributed by atoms with Crippen LogP contribution in [-0.4, -0.2) is 48.5 Å². The molecule has 0 N–H and O–H groups in total. The van der Waals surface area contributed by atoms with Crippen molar-refractivity contribution in [2.24, 2.45) is 0 Å². The summed E-state index contributed by atoms with van der Waals surface area (Å²) in [4.78, 5) is 3.75. The standard InChI is InChI=1S/C32H12BF24.C12H27P.C8H12.C5H8N2.Ir/c34-25(35,36)13-1-14(26(37,38)39)6-21(5-13)33(22-7-15(27(40,41)42)2-16(8-22)28(43,44)45,23-9-17(29(46,47)48)3-18(10-23)30(49,50)51)24-11-19(31(52,53)54)4-20(12-24)32(55,56)57;1-4-7-10-13(11-8-5-2)12-9-6-3;1-2-4-6-8-7-5-3-1;1-6-3-4-7(2)5-6;/h1-12H;4-12H2,1-3H3;1-2,7-8H,3-6H2;3-4H,1-2H3;/q-1;;;;. The minimum absolute atomic E-state index is 0. The molecule has 0 unspecified atom stereocenters. The maximum atomic E-state index is 14.2. The van der Waals surface area contributed by atoms with E-state index in [-0.39, 0.29) is 20.1 Å². The second kappa shape index (κ2) is 31.9.